The number of amides is 2. The van der Waals surface area contributed by atoms with Gasteiger partial charge in [-0.15, -0.1) is 11.3 Å². The van der Waals surface area contributed by atoms with E-state index in [1.165, 1.54) is 0 Å². The van der Waals surface area contributed by atoms with Gasteiger partial charge in [0.2, 0.25) is 5.91 Å². The molecule has 0 bridgehead atoms. The SMILES string of the molecule is Cc1ncc(CNC(=O)CC(C)NC(=O)c2ccccc2)s1. The van der Waals surface area contributed by atoms with Crippen molar-refractivity contribution in [2.45, 2.75) is 32.9 Å². The number of hydrogen-bond donors (Lipinski definition) is 2. The molecular weight excluding hydrogens is 298 g/mol. The van der Waals surface area contributed by atoms with E-state index in [0.717, 1.165) is 9.88 Å². The predicted molar refractivity (Wildman–Crippen MR) is 86.7 cm³/mol. The van der Waals surface area contributed by atoms with E-state index >= 15 is 0 Å². The maximum absolute atomic E-state index is 12.0. The Morgan fingerprint density at radius 1 is 1.27 bits per heavy atom. The van der Waals surface area contributed by atoms with E-state index in [4.69, 9.17) is 0 Å². The van der Waals surface area contributed by atoms with Gasteiger partial charge in [-0.2, -0.15) is 0 Å². The molecule has 2 rings (SSSR count). The van der Waals surface area contributed by atoms with Crippen LogP contribution in [0, 0.1) is 6.92 Å². The lowest BCUT2D eigenvalue weighted by Crippen LogP contribution is -2.37. The molecule has 1 aromatic heterocycles. The zero-order valence-corrected chi connectivity index (χ0v) is 13.4. The van der Waals surface area contributed by atoms with Crippen LogP contribution in [0.3, 0.4) is 0 Å². The molecule has 0 spiro atoms. The number of aromatic nitrogens is 1. The van der Waals surface area contributed by atoms with Crippen molar-refractivity contribution >= 4 is 23.2 Å². The van der Waals surface area contributed by atoms with Crippen LogP contribution in [0.4, 0.5) is 0 Å². The zero-order chi connectivity index (χ0) is 15.9. The van der Waals surface area contributed by atoms with E-state index in [2.05, 4.69) is 15.6 Å². The highest BCUT2D eigenvalue weighted by molar-refractivity contribution is 7.11. The van der Waals surface area contributed by atoms with Crippen molar-refractivity contribution in [3.05, 3.63) is 52.0 Å². The van der Waals surface area contributed by atoms with Crippen LogP contribution in [0.25, 0.3) is 0 Å². The zero-order valence-electron chi connectivity index (χ0n) is 12.6. The van der Waals surface area contributed by atoms with Gasteiger partial charge in [-0.05, 0) is 26.0 Å². The monoisotopic (exact) mass is 317 g/mol. The Kier molecular flexibility index (Phi) is 5.66. The lowest BCUT2D eigenvalue weighted by molar-refractivity contribution is -0.121. The molecule has 116 valence electrons. The molecule has 1 heterocycles. The summed E-state index contributed by atoms with van der Waals surface area (Å²) in [6.45, 7) is 4.22. The Morgan fingerprint density at radius 3 is 2.64 bits per heavy atom. The summed E-state index contributed by atoms with van der Waals surface area (Å²) in [7, 11) is 0. The number of benzene rings is 1. The Balaban J connectivity index is 1.75. The van der Waals surface area contributed by atoms with Gasteiger partial charge in [0.05, 0.1) is 11.6 Å². The predicted octanol–water partition coefficient (Wildman–Crippen LogP) is 2.28. The average molecular weight is 317 g/mol. The molecule has 2 aromatic rings. The minimum Gasteiger partial charge on any atom is -0.351 e. The molecule has 0 fully saturated rings. The van der Waals surface area contributed by atoms with Crippen molar-refractivity contribution in [2.24, 2.45) is 0 Å². The first-order valence-electron chi connectivity index (χ1n) is 7.08. The molecular formula is C16H19N3O2S. The summed E-state index contributed by atoms with van der Waals surface area (Å²) in [6, 6.07) is 8.74. The number of hydrogen-bond acceptors (Lipinski definition) is 4. The van der Waals surface area contributed by atoms with Crippen LogP contribution in [-0.2, 0) is 11.3 Å². The van der Waals surface area contributed by atoms with Gasteiger partial charge in [0, 0.05) is 29.1 Å². The van der Waals surface area contributed by atoms with Gasteiger partial charge < -0.3 is 10.6 Å². The number of aryl methyl sites for hydroxylation is 1. The minimum atomic E-state index is -0.226. The first-order valence-corrected chi connectivity index (χ1v) is 7.90. The summed E-state index contributed by atoms with van der Waals surface area (Å²) in [6.07, 6.45) is 2.01. The van der Waals surface area contributed by atoms with Crippen molar-refractivity contribution in [2.75, 3.05) is 0 Å². The maximum atomic E-state index is 12.0. The van der Waals surface area contributed by atoms with Crippen molar-refractivity contribution < 1.29 is 9.59 Å². The van der Waals surface area contributed by atoms with E-state index in [-0.39, 0.29) is 24.3 Å². The van der Waals surface area contributed by atoms with Gasteiger partial charge in [-0.1, -0.05) is 18.2 Å². The largest absolute Gasteiger partial charge is 0.351 e. The maximum Gasteiger partial charge on any atom is 0.251 e. The summed E-state index contributed by atoms with van der Waals surface area (Å²) >= 11 is 1.56. The lowest BCUT2D eigenvalue weighted by atomic mass is 10.1. The topological polar surface area (TPSA) is 71.1 Å². The molecule has 1 aromatic carbocycles. The molecule has 0 aliphatic rings. The van der Waals surface area contributed by atoms with E-state index < -0.39 is 0 Å². The van der Waals surface area contributed by atoms with Crippen LogP contribution in [0.15, 0.2) is 36.5 Å². The molecule has 0 aliphatic carbocycles. The molecule has 1 unspecified atom stereocenters. The molecule has 0 radical (unpaired) electrons. The molecule has 2 amide bonds. The van der Waals surface area contributed by atoms with Gasteiger partial charge in [-0.25, -0.2) is 4.98 Å². The number of carbonyl (C=O) groups is 2. The van der Waals surface area contributed by atoms with Crippen molar-refractivity contribution in [3.8, 4) is 0 Å². The minimum absolute atomic E-state index is 0.0908. The fourth-order valence-corrected chi connectivity index (χ4v) is 2.71. The third kappa shape index (κ3) is 4.96. The summed E-state index contributed by atoms with van der Waals surface area (Å²) in [5.74, 6) is -0.258. The first kappa shape index (κ1) is 16.2. The molecule has 0 saturated carbocycles. The number of rotatable bonds is 6. The normalized spacial score (nSPS) is 11.7. The summed E-state index contributed by atoms with van der Waals surface area (Å²) in [5.41, 5.74) is 0.592. The summed E-state index contributed by atoms with van der Waals surface area (Å²) in [5, 5.41) is 6.64. The number of carbonyl (C=O) groups excluding carboxylic acids is 2. The highest BCUT2D eigenvalue weighted by Gasteiger charge is 2.13. The average Bonchev–Trinajstić information content (AvgIpc) is 2.91. The molecule has 6 heteroatoms. The van der Waals surface area contributed by atoms with Crippen LogP contribution in [0.5, 0.6) is 0 Å². The van der Waals surface area contributed by atoms with Gasteiger partial charge in [0.25, 0.3) is 5.91 Å². The number of nitrogens with one attached hydrogen (secondary N) is 2. The van der Waals surface area contributed by atoms with Crippen LogP contribution in [-0.4, -0.2) is 22.8 Å². The van der Waals surface area contributed by atoms with Crippen LogP contribution in [0.1, 0.15) is 33.6 Å². The molecule has 2 N–H and O–H groups in total. The highest BCUT2D eigenvalue weighted by Crippen LogP contribution is 2.10. The molecule has 22 heavy (non-hydrogen) atoms. The third-order valence-corrected chi connectivity index (χ3v) is 3.95. The number of thiazole rings is 1. The van der Waals surface area contributed by atoms with Crippen molar-refractivity contribution in [1.82, 2.24) is 15.6 Å². The van der Waals surface area contributed by atoms with Gasteiger partial charge in [0.1, 0.15) is 0 Å². The fraction of sp³-hybridized carbons (Fsp3) is 0.312. The second-order valence-corrected chi connectivity index (χ2v) is 6.39. The van der Waals surface area contributed by atoms with E-state index in [0.29, 0.717) is 12.1 Å². The Hall–Kier alpha value is -2.21. The standard InChI is InChI=1S/C16H19N3O2S/c1-11(19-16(21)13-6-4-3-5-7-13)8-15(20)18-10-14-9-17-12(2)22-14/h3-7,9,11H,8,10H2,1-2H3,(H,18,20)(H,19,21). The quantitative estimate of drug-likeness (QED) is 0.858. The van der Waals surface area contributed by atoms with E-state index in [1.54, 1.807) is 29.7 Å². The van der Waals surface area contributed by atoms with Gasteiger partial charge in [0.15, 0.2) is 0 Å². The molecule has 0 saturated heterocycles. The lowest BCUT2D eigenvalue weighted by Gasteiger charge is -2.13. The van der Waals surface area contributed by atoms with Crippen LogP contribution < -0.4 is 10.6 Å². The second kappa shape index (κ2) is 7.70. The van der Waals surface area contributed by atoms with Crippen molar-refractivity contribution in [1.29, 1.82) is 0 Å². The van der Waals surface area contributed by atoms with Crippen molar-refractivity contribution in [3.63, 3.8) is 0 Å². The molecule has 0 aliphatic heterocycles. The smallest absolute Gasteiger partial charge is 0.251 e. The third-order valence-electron chi connectivity index (χ3n) is 3.03. The highest BCUT2D eigenvalue weighted by atomic mass is 32.1. The van der Waals surface area contributed by atoms with Crippen LogP contribution in [0.2, 0.25) is 0 Å². The number of nitrogens with zero attached hydrogens (tertiary/aromatic N) is 1. The van der Waals surface area contributed by atoms with Gasteiger partial charge >= 0.3 is 0 Å². The molecule has 5 nitrogen and oxygen atoms in total. The Labute approximate surface area is 133 Å². The van der Waals surface area contributed by atoms with Crippen LogP contribution >= 0.6 is 11.3 Å². The van der Waals surface area contributed by atoms with Gasteiger partial charge in [-0.3, -0.25) is 9.59 Å². The molecule has 1 atom stereocenters. The second-order valence-electron chi connectivity index (χ2n) is 5.07. The Morgan fingerprint density at radius 2 is 2.00 bits per heavy atom. The van der Waals surface area contributed by atoms with E-state index in [1.807, 2.05) is 32.0 Å². The first-order chi connectivity index (χ1) is 10.5. The summed E-state index contributed by atoms with van der Waals surface area (Å²) in [4.78, 5) is 29.0. The fourth-order valence-electron chi connectivity index (χ4n) is 1.97. The Bertz CT molecular complexity index is 640. The summed E-state index contributed by atoms with van der Waals surface area (Å²) < 4.78 is 0. The van der Waals surface area contributed by atoms with E-state index in [9.17, 15) is 9.59 Å².